The maximum atomic E-state index is 11.2. The topological polar surface area (TPSA) is 59.4 Å². The van der Waals surface area contributed by atoms with Gasteiger partial charge in [0.2, 0.25) is 0 Å². The van der Waals surface area contributed by atoms with Crippen molar-refractivity contribution < 1.29 is 14.6 Å². The fraction of sp³-hybridized carbons (Fsp3) is 0.143. The minimum atomic E-state index is -0.995. The zero-order chi connectivity index (χ0) is 12.8. The van der Waals surface area contributed by atoms with E-state index in [4.69, 9.17) is 9.84 Å². The highest BCUT2D eigenvalue weighted by molar-refractivity contribution is 5.74. The van der Waals surface area contributed by atoms with Crippen molar-refractivity contribution in [3.63, 3.8) is 0 Å². The second-order valence-corrected chi connectivity index (χ2v) is 3.80. The normalized spacial score (nSPS) is 12.0. The number of hydrogen-bond acceptors (Lipinski definition) is 3. The molecule has 0 saturated carbocycles. The van der Waals surface area contributed by atoms with E-state index in [2.05, 4.69) is 4.98 Å². The molecule has 18 heavy (non-hydrogen) atoms. The van der Waals surface area contributed by atoms with E-state index in [0.29, 0.717) is 5.56 Å². The quantitative estimate of drug-likeness (QED) is 0.876. The van der Waals surface area contributed by atoms with Crippen LogP contribution in [0.25, 0.3) is 0 Å². The predicted octanol–water partition coefficient (Wildman–Crippen LogP) is 2.42. The number of benzene rings is 1. The van der Waals surface area contributed by atoms with Crippen LogP contribution in [0.3, 0.4) is 0 Å². The van der Waals surface area contributed by atoms with Crippen LogP contribution >= 0.6 is 0 Å². The molecule has 0 aliphatic rings. The van der Waals surface area contributed by atoms with Gasteiger partial charge in [-0.15, -0.1) is 0 Å². The average Bonchev–Trinajstić information content (AvgIpc) is 2.41. The Bertz CT molecular complexity index is 499. The van der Waals surface area contributed by atoms with Crippen LogP contribution in [-0.4, -0.2) is 16.1 Å². The standard InChI is InChI=1S/C14H13NO3/c16-14(17)13(12-6-2-1-3-7-12)18-10-11-5-4-8-15-9-11/h1-9,13H,10H2,(H,16,17). The van der Waals surface area contributed by atoms with Crippen molar-refractivity contribution in [2.45, 2.75) is 12.7 Å². The van der Waals surface area contributed by atoms with Gasteiger partial charge in [-0.25, -0.2) is 4.79 Å². The third kappa shape index (κ3) is 3.15. The molecule has 1 unspecified atom stereocenters. The Kier molecular flexibility index (Phi) is 4.04. The van der Waals surface area contributed by atoms with Crippen molar-refractivity contribution in [3.8, 4) is 0 Å². The molecule has 1 aromatic carbocycles. The van der Waals surface area contributed by atoms with E-state index >= 15 is 0 Å². The highest BCUT2D eigenvalue weighted by atomic mass is 16.5. The summed E-state index contributed by atoms with van der Waals surface area (Å²) in [4.78, 5) is 15.1. The van der Waals surface area contributed by atoms with Crippen molar-refractivity contribution in [3.05, 3.63) is 66.0 Å². The van der Waals surface area contributed by atoms with Gasteiger partial charge in [-0.1, -0.05) is 36.4 Å². The van der Waals surface area contributed by atoms with Gasteiger partial charge in [0, 0.05) is 12.4 Å². The van der Waals surface area contributed by atoms with E-state index < -0.39 is 12.1 Å². The van der Waals surface area contributed by atoms with Gasteiger partial charge in [-0.05, 0) is 17.2 Å². The maximum absolute atomic E-state index is 11.2. The second-order valence-electron chi connectivity index (χ2n) is 3.80. The average molecular weight is 243 g/mol. The summed E-state index contributed by atoms with van der Waals surface area (Å²) < 4.78 is 5.44. The first kappa shape index (κ1) is 12.3. The maximum Gasteiger partial charge on any atom is 0.337 e. The molecule has 2 rings (SSSR count). The number of aromatic nitrogens is 1. The molecule has 4 nitrogen and oxygen atoms in total. The van der Waals surface area contributed by atoms with Crippen LogP contribution in [0.5, 0.6) is 0 Å². The molecule has 1 atom stereocenters. The van der Waals surface area contributed by atoms with Gasteiger partial charge in [-0.2, -0.15) is 0 Å². The Hall–Kier alpha value is -2.20. The zero-order valence-electron chi connectivity index (χ0n) is 9.69. The van der Waals surface area contributed by atoms with Gasteiger partial charge in [0.05, 0.1) is 6.61 Å². The molecule has 0 spiro atoms. The third-order valence-electron chi connectivity index (χ3n) is 2.47. The molecule has 0 aliphatic heterocycles. The fourth-order valence-electron chi connectivity index (χ4n) is 1.60. The minimum Gasteiger partial charge on any atom is -0.479 e. The Morgan fingerprint density at radius 2 is 2.00 bits per heavy atom. The summed E-state index contributed by atoms with van der Waals surface area (Å²) in [5.41, 5.74) is 1.48. The van der Waals surface area contributed by atoms with Crippen molar-refractivity contribution in [2.24, 2.45) is 0 Å². The number of pyridine rings is 1. The van der Waals surface area contributed by atoms with E-state index in [-0.39, 0.29) is 6.61 Å². The van der Waals surface area contributed by atoms with Crippen molar-refractivity contribution >= 4 is 5.97 Å². The molecule has 2 aromatic rings. The molecule has 0 bridgehead atoms. The first-order valence-electron chi connectivity index (χ1n) is 5.55. The number of carboxylic acid groups (broad SMARTS) is 1. The van der Waals surface area contributed by atoms with E-state index in [1.54, 1.807) is 42.7 Å². The summed E-state index contributed by atoms with van der Waals surface area (Å²) in [5.74, 6) is -0.995. The molecule has 0 fully saturated rings. The molecule has 0 radical (unpaired) electrons. The lowest BCUT2D eigenvalue weighted by Crippen LogP contribution is -2.15. The monoisotopic (exact) mass is 243 g/mol. The lowest BCUT2D eigenvalue weighted by atomic mass is 10.1. The first-order valence-corrected chi connectivity index (χ1v) is 5.55. The smallest absolute Gasteiger partial charge is 0.337 e. The van der Waals surface area contributed by atoms with Crippen LogP contribution in [0.1, 0.15) is 17.2 Å². The third-order valence-corrected chi connectivity index (χ3v) is 2.47. The van der Waals surface area contributed by atoms with Gasteiger partial charge < -0.3 is 9.84 Å². The van der Waals surface area contributed by atoms with Gasteiger partial charge in [0.1, 0.15) is 0 Å². The molecule has 1 heterocycles. The summed E-state index contributed by atoms with van der Waals surface area (Å²) in [6.07, 6.45) is 2.37. The number of carboxylic acids is 1. The second kappa shape index (κ2) is 5.93. The van der Waals surface area contributed by atoms with Crippen LogP contribution < -0.4 is 0 Å². The van der Waals surface area contributed by atoms with Gasteiger partial charge in [0.25, 0.3) is 0 Å². The van der Waals surface area contributed by atoms with Crippen molar-refractivity contribution in [1.29, 1.82) is 0 Å². The fourth-order valence-corrected chi connectivity index (χ4v) is 1.60. The molecule has 0 aliphatic carbocycles. The number of aliphatic carboxylic acids is 1. The largest absolute Gasteiger partial charge is 0.479 e. The van der Waals surface area contributed by atoms with Crippen LogP contribution in [-0.2, 0) is 16.1 Å². The molecule has 1 aromatic heterocycles. The Morgan fingerprint density at radius 1 is 1.22 bits per heavy atom. The van der Waals surface area contributed by atoms with Crippen LogP contribution in [0.15, 0.2) is 54.9 Å². The molecule has 1 N–H and O–H groups in total. The van der Waals surface area contributed by atoms with E-state index in [1.165, 1.54) is 0 Å². The number of hydrogen-bond donors (Lipinski definition) is 1. The highest BCUT2D eigenvalue weighted by Gasteiger charge is 2.20. The van der Waals surface area contributed by atoms with E-state index in [1.807, 2.05) is 12.1 Å². The first-order chi connectivity index (χ1) is 8.77. The molecule has 4 heteroatoms. The molecule has 0 saturated heterocycles. The summed E-state index contributed by atoms with van der Waals surface area (Å²) >= 11 is 0. The Balaban J connectivity index is 2.06. The molecule has 0 amide bonds. The van der Waals surface area contributed by atoms with E-state index in [9.17, 15) is 4.79 Å². The van der Waals surface area contributed by atoms with Crippen molar-refractivity contribution in [2.75, 3.05) is 0 Å². The molecular formula is C14H13NO3. The van der Waals surface area contributed by atoms with E-state index in [0.717, 1.165) is 5.56 Å². The number of rotatable bonds is 5. The lowest BCUT2D eigenvalue weighted by molar-refractivity contribution is -0.151. The van der Waals surface area contributed by atoms with Crippen LogP contribution in [0.4, 0.5) is 0 Å². The van der Waals surface area contributed by atoms with Gasteiger partial charge in [-0.3, -0.25) is 4.98 Å². The van der Waals surface area contributed by atoms with Gasteiger partial charge in [0.15, 0.2) is 6.10 Å². The lowest BCUT2D eigenvalue weighted by Gasteiger charge is -2.13. The minimum absolute atomic E-state index is 0.222. The number of nitrogens with zero attached hydrogens (tertiary/aromatic N) is 1. The van der Waals surface area contributed by atoms with Gasteiger partial charge >= 0.3 is 5.97 Å². The molecular weight excluding hydrogens is 230 g/mol. The summed E-state index contributed by atoms with van der Waals surface area (Å²) in [6.45, 7) is 0.222. The summed E-state index contributed by atoms with van der Waals surface area (Å²) in [7, 11) is 0. The van der Waals surface area contributed by atoms with Crippen LogP contribution in [0, 0.1) is 0 Å². The summed E-state index contributed by atoms with van der Waals surface area (Å²) in [6, 6.07) is 12.5. The molecule has 92 valence electrons. The predicted molar refractivity (Wildman–Crippen MR) is 65.8 cm³/mol. The highest BCUT2D eigenvalue weighted by Crippen LogP contribution is 2.19. The SMILES string of the molecule is O=C(O)C(OCc1cccnc1)c1ccccc1. The Morgan fingerprint density at radius 3 is 2.61 bits per heavy atom. The zero-order valence-corrected chi connectivity index (χ0v) is 9.69. The Labute approximate surface area is 105 Å². The van der Waals surface area contributed by atoms with Crippen LogP contribution in [0.2, 0.25) is 0 Å². The van der Waals surface area contributed by atoms with Crippen molar-refractivity contribution in [1.82, 2.24) is 4.98 Å². The summed E-state index contributed by atoms with van der Waals surface area (Å²) in [5, 5.41) is 9.16. The number of carbonyl (C=O) groups is 1. The number of ether oxygens (including phenoxy) is 1.